The Morgan fingerprint density at radius 2 is 1.76 bits per heavy atom. The number of carboxylic acids is 1. The Bertz CT molecular complexity index is 714. The summed E-state index contributed by atoms with van der Waals surface area (Å²) in [6.45, 7) is 0. The molecule has 0 saturated carbocycles. The molecule has 0 heterocycles. The van der Waals surface area contributed by atoms with Crippen molar-refractivity contribution in [1.82, 2.24) is 0 Å². The van der Waals surface area contributed by atoms with Crippen molar-refractivity contribution in [3.8, 4) is 0 Å². The van der Waals surface area contributed by atoms with Crippen LogP contribution in [0.4, 0.5) is 5.69 Å². The van der Waals surface area contributed by atoms with Gasteiger partial charge in [0, 0.05) is 19.5 Å². The highest BCUT2D eigenvalue weighted by atomic mass is 79.9. The first-order valence-corrected chi connectivity index (χ1v) is 7.63. The van der Waals surface area contributed by atoms with Crippen molar-refractivity contribution in [2.45, 2.75) is 0 Å². The molecule has 108 valence electrons. The molecule has 4 nitrogen and oxygen atoms in total. The second-order valence-corrected chi connectivity index (χ2v) is 6.32. The number of hydrogen-bond donors (Lipinski definition) is 2. The van der Waals surface area contributed by atoms with E-state index in [4.69, 9.17) is 16.7 Å². The van der Waals surface area contributed by atoms with Crippen LogP contribution < -0.4 is 5.32 Å². The summed E-state index contributed by atoms with van der Waals surface area (Å²) < 4.78 is 1.18. The fourth-order valence-electron chi connectivity index (χ4n) is 1.63. The van der Waals surface area contributed by atoms with Gasteiger partial charge in [0.15, 0.2) is 0 Å². The number of halogens is 3. The average molecular weight is 433 g/mol. The van der Waals surface area contributed by atoms with Crippen molar-refractivity contribution in [1.29, 1.82) is 0 Å². The molecule has 0 bridgehead atoms. The lowest BCUT2D eigenvalue weighted by molar-refractivity contribution is 0.0696. The van der Waals surface area contributed by atoms with Gasteiger partial charge in [0.05, 0.1) is 11.3 Å². The molecular formula is C14H8Br2ClNO3. The molecule has 7 heteroatoms. The first-order chi connectivity index (χ1) is 9.86. The zero-order valence-electron chi connectivity index (χ0n) is 10.4. The third-order valence-electron chi connectivity index (χ3n) is 2.59. The summed E-state index contributed by atoms with van der Waals surface area (Å²) in [4.78, 5) is 23.0. The SMILES string of the molecule is O=C(O)c1ccc(NC(=O)c2cc(Cl)cc(Br)c2)c(Br)c1. The topological polar surface area (TPSA) is 66.4 Å². The highest BCUT2D eigenvalue weighted by Gasteiger charge is 2.12. The van der Waals surface area contributed by atoms with Crippen LogP contribution in [0, 0.1) is 0 Å². The Labute approximate surface area is 142 Å². The van der Waals surface area contributed by atoms with Crippen LogP contribution in [-0.2, 0) is 0 Å². The molecule has 2 N–H and O–H groups in total. The number of aromatic carboxylic acids is 1. The lowest BCUT2D eigenvalue weighted by Gasteiger charge is -2.09. The molecule has 0 aliphatic rings. The van der Waals surface area contributed by atoms with E-state index in [1.54, 1.807) is 18.2 Å². The minimum atomic E-state index is -1.03. The quantitative estimate of drug-likeness (QED) is 0.730. The van der Waals surface area contributed by atoms with Crippen LogP contribution in [0.1, 0.15) is 20.7 Å². The molecule has 0 fully saturated rings. The molecule has 2 rings (SSSR count). The van der Waals surface area contributed by atoms with Gasteiger partial charge in [-0.15, -0.1) is 0 Å². The maximum atomic E-state index is 12.2. The molecule has 0 spiro atoms. The zero-order chi connectivity index (χ0) is 15.6. The largest absolute Gasteiger partial charge is 0.478 e. The second kappa shape index (κ2) is 6.60. The molecule has 1 amide bonds. The maximum Gasteiger partial charge on any atom is 0.335 e. The number of carboxylic acid groups (broad SMARTS) is 1. The third kappa shape index (κ3) is 4.06. The van der Waals surface area contributed by atoms with Crippen molar-refractivity contribution in [2.75, 3.05) is 5.32 Å². The van der Waals surface area contributed by atoms with Gasteiger partial charge in [0.25, 0.3) is 5.91 Å². The van der Waals surface area contributed by atoms with E-state index < -0.39 is 5.97 Å². The number of benzene rings is 2. The van der Waals surface area contributed by atoms with E-state index in [9.17, 15) is 9.59 Å². The van der Waals surface area contributed by atoms with Gasteiger partial charge in [0.1, 0.15) is 0 Å². The minimum Gasteiger partial charge on any atom is -0.478 e. The van der Waals surface area contributed by atoms with Crippen molar-refractivity contribution in [3.63, 3.8) is 0 Å². The van der Waals surface area contributed by atoms with Gasteiger partial charge in [-0.1, -0.05) is 27.5 Å². The summed E-state index contributed by atoms with van der Waals surface area (Å²) in [6, 6.07) is 9.21. The van der Waals surface area contributed by atoms with Gasteiger partial charge in [-0.25, -0.2) is 4.79 Å². The lowest BCUT2D eigenvalue weighted by Crippen LogP contribution is -2.12. The molecule has 0 aromatic heterocycles. The Balaban J connectivity index is 2.25. The fraction of sp³-hybridized carbons (Fsp3) is 0. The fourth-order valence-corrected chi connectivity index (χ4v) is 2.97. The van der Waals surface area contributed by atoms with Gasteiger partial charge in [0.2, 0.25) is 0 Å². The van der Waals surface area contributed by atoms with Crippen molar-refractivity contribution in [2.24, 2.45) is 0 Å². The third-order valence-corrected chi connectivity index (χ3v) is 3.92. The van der Waals surface area contributed by atoms with Crippen LogP contribution in [0.3, 0.4) is 0 Å². The van der Waals surface area contributed by atoms with E-state index in [-0.39, 0.29) is 11.5 Å². The molecule has 0 saturated heterocycles. The van der Waals surface area contributed by atoms with Gasteiger partial charge >= 0.3 is 5.97 Å². The van der Waals surface area contributed by atoms with Crippen LogP contribution in [0.5, 0.6) is 0 Å². The monoisotopic (exact) mass is 431 g/mol. The summed E-state index contributed by atoms with van der Waals surface area (Å²) in [5.74, 6) is -1.38. The predicted molar refractivity (Wildman–Crippen MR) is 88.2 cm³/mol. The highest BCUT2D eigenvalue weighted by molar-refractivity contribution is 9.10. The van der Waals surface area contributed by atoms with E-state index in [1.807, 2.05) is 0 Å². The van der Waals surface area contributed by atoms with Crippen LogP contribution in [-0.4, -0.2) is 17.0 Å². The Morgan fingerprint density at radius 1 is 1.05 bits per heavy atom. The first kappa shape index (κ1) is 16.0. The number of rotatable bonds is 3. The number of nitrogens with one attached hydrogen (secondary N) is 1. The molecule has 0 unspecified atom stereocenters. The highest BCUT2D eigenvalue weighted by Crippen LogP contribution is 2.25. The lowest BCUT2D eigenvalue weighted by atomic mass is 10.2. The van der Waals surface area contributed by atoms with Crippen LogP contribution in [0.25, 0.3) is 0 Å². The standard InChI is InChI=1S/C14H8Br2ClNO3/c15-9-3-8(4-10(17)6-9)13(19)18-12-2-1-7(14(20)21)5-11(12)16/h1-6H,(H,18,19)(H,20,21). The summed E-state index contributed by atoms with van der Waals surface area (Å²) >= 11 is 12.4. The number of hydrogen-bond acceptors (Lipinski definition) is 2. The van der Waals surface area contributed by atoms with Gasteiger partial charge in [-0.3, -0.25) is 4.79 Å². The second-order valence-electron chi connectivity index (χ2n) is 4.11. The average Bonchev–Trinajstić information content (AvgIpc) is 2.39. The molecule has 2 aromatic rings. The molecule has 0 aliphatic carbocycles. The first-order valence-electron chi connectivity index (χ1n) is 5.67. The van der Waals surface area contributed by atoms with Crippen LogP contribution in [0.15, 0.2) is 45.3 Å². The normalized spacial score (nSPS) is 10.2. The smallest absolute Gasteiger partial charge is 0.335 e. The maximum absolute atomic E-state index is 12.2. The van der Waals surface area contributed by atoms with Crippen LogP contribution in [0.2, 0.25) is 5.02 Å². The van der Waals surface area contributed by atoms with Crippen molar-refractivity contribution in [3.05, 3.63) is 61.5 Å². The summed E-state index contributed by atoms with van der Waals surface area (Å²) in [6.07, 6.45) is 0. The summed E-state index contributed by atoms with van der Waals surface area (Å²) in [5, 5.41) is 12.0. The zero-order valence-corrected chi connectivity index (χ0v) is 14.3. The van der Waals surface area contributed by atoms with E-state index in [0.29, 0.717) is 25.2 Å². The molecular weight excluding hydrogens is 425 g/mol. The Morgan fingerprint density at radius 3 is 2.33 bits per heavy atom. The minimum absolute atomic E-state index is 0.130. The van der Waals surface area contributed by atoms with Crippen LogP contribution >= 0.6 is 43.5 Å². The van der Waals surface area contributed by atoms with Gasteiger partial charge in [-0.05, 0) is 52.3 Å². The van der Waals surface area contributed by atoms with Gasteiger partial charge < -0.3 is 10.4 Å². The van der Waals surface area contributed by atoms with E-state index in [2.05, 4.69) is 37.2 Å². The molecule has 0 atom stereocenters. The van der Waals surface area contributed by atoms with Gasteiger partial charge in [-0.2, -0.15) is 0 Å². The van der Waals surface area contributed by atoms with E-state index >= 15 is 0 Å². The summed E-state index contributed by atoms with van der Waals surface area (Å²) in [5.41, 5.74) is 0.995. The molecule has 0 radical (unpaired) electrons. The van der Waals surface area contributed by atoms with Crippen molar-refractivity contribution < 1.29 is 14.7 Å². The number of carbonyl (C=O) groups excluding carboxylic acids is 1. The Kier molecular flexibility index (Phi) is 5.03. The number of carbonyl (C=O) groups is 2. The van der Waals surface area contributed by atoms with E-state index in [0.717, 1.165) is 0 Å². The van der Waals surface area contributed by atoms with E-state index in [1.165, 1.54) is 18.2 Å². The molecule has 2 aromatic carbocycles. The number of amides is 1. The molecule has 21 heavy (non-hydrogen) atoms. The number of anilines is 1. The predicted octanol–water partition coefficient (Wildman–Crippen LogP) is 4.82. The molecule has 0 aliphatic heterocycles. The van der Waals surface area contributed by atoms with Crippen molar-refractivity contribution >= 4 is 61.0 Å². The Hall–Kier alpha value is -1.37. The summed E-state index contributed by atoms with van der Waals surface area (Å²) in [7, 11) is 0.